The number of carbonyl (C=O) groups excluding carboxylic acids is 1. The summed E-state index contributed by atoms with van der Waals surface area (Å²) in [5, 5.41) is 0.204. The van der Waals surface area contributed by atoms with Gasteiger partial charge in [-0.15, -0.1) is 0 Å². The molecular weight excluding hydrogens is 428 g/mol. The number of benzene rings is 2. The van der Waals surface area contributed by atoms with E-state index in [-0.39, 0.29) is 34.2 Å². The van der Waals surface area contributed by atoms with Gasteiger partial charge < -0.3 is 14.4 Å². The molecule has 2 aromatic rings. The predicted molar refractivity (Wildman–Crippen MR) is 115 cm³/mol. The van der Waals surface area contributed by atoms with Gasteiger partial charge in [-0.1, -0.05) is 17.7 Å². The zero-order valence-electron chi connectivity index (χ0n) is 17.4. The van der Waals surface area contributed by atoms with E-state index >= 15 is 0 Å². The summed E-state index contributed by atoms with van der Waals surface area (Å²) < 4.78 is 37.6. The number of fused-ring (bicyclic) bond motifs is 1. The molecule has 9 heteroatoms. The first-order valence-electron chi connectivity index (χ1n) is 9.60. The lowest BCUT2D eigenvalue weighted by Crippen LogP contribution is -2.34. The molecule has 1 aliphatic heterocycles. The largest absolute Gasteiger partial charge is 0.454 e. The molecule has 0 aromatic heterocycles. The number of rotatable bonds is 7. The van der Waals surface area contributed by atoms with Crippen molar-refractivity contribution in [1.82, 2.24) is 9.21 Å². The van der Waals surface area contributed by atoms with Crippen LogP contribution in [-0.2, 0) is 16.6 Å². The van der Waals surface area contributed by atoms with Crippen molar-refractivity contribution in [2.24, 2.45) is 0 Å². The van der Waals surface area contributed by atoms with E-state index in [0.29, 0.717) is 24.6 Å². The van der Waals surface area contributed by atoms with E-state index in [1.807, 2.05) is 19.1 Å². The molecule has 30 heavy (non-hydrogen) atoms. The number of halogens is 1. The van der Waals surface area contributed by atoms with Gasteiger partial charge in [-0.2, -0.15) is 4.31 Å². The average molecular weight is 453 g/mol. The number of ether oxygens (including phenoxy) is 2. The normalized spacial score (nSPS) is 13.2. The third-order valence-corrected chi connectivity index (χ3v) is 7.41. The lowest BCUT2D eigenvalue weighted by atomic mass is 10.1. The molecule has 0 fully saturated rings. The molecule has 0 saturated carbocycles. The third kappa shape index (κ3) is 4.40. The van der Waals surface area contributed by atoms with Gasteiger partial charge in [0, 0.05) is 26.2 Å². The molecule has 162 valence electrons. The van der Waals surface area contributed by atoms with E-state index in [4.69, 9.17) is 21.1 Å². The second kappa shape index (κ2) is 8.83. The van der Waals surface area contributed by atoms with Crippen molar-refractivity contribution >= 4 is 27.5 Å². The summed E-state index contributed by atoms with van der Waals surface area (Å²) in [4.78, 5) is 14.8. The Kier molecular flexibility index (Phi) is 6.59. The molecule has 0 bridgehead atoms. The first kappa shape index (κ1) is 22.4. The van der Waals surface area contributed by atoms with Gasteiger partial charge in [0.25, 0.3) is 5.91 Å². The molecule has 3 rings (SSSR count). The lowest BCUT2D eigenvalue weighted by Gasteiger charge is -2.24. The van der Waals surface area contributed by atoms with E-state index in [1.165, 1.54) is 29.6 Å². The second-order valence-electron chi connectivity index (χ2n) is 7.26. The molecule has 0 spiro atoms. The standard InChI is InChI=1S/C21H25ClN2O5S/c1-5-24(12-15-6-9-19-20(10-15)29-13-28-19)21(25)17-11-16(7-8-18(17)22)30(26,27)23(4)14(2)3/h6-11,14H,5,12-13H2,1-4H3. The van der Waals surface area contributed by atoms with Gasteiger partial charge >= 0.3 is 0 Å². The van der Waals surface area contributed by atoms with Crippen LogP contribution in [0.2, 0.25) is 5.02 Å². The highest BCUT2D eigenvalue weighted by Crippen LogP contribution is 2.33. The number of nitrogens with zero attached hydrogens (tertiary/aromatic N) is 2. The van der Waals surface area contributed by atoms with Crippen LogP contribution in [0.5, 0.6) is 11.5 Å². The zero-order chi connectivity index (χ0) is 22.1. The van der Waals surface area contributed by atoms with Crippen LogP contribution in [0.3, 0.4) is 0 Å². The summed E-state index contributed by atoms with van der Waals surface area (Å²) in [5.74, 6) is 0.964. The van der Waals surface area contributed by atoms with Crippen molar-refractivity contribution < 1.29 is 22.7 Å². The third-order valence-electron chi connectivity index (χ3n) is 5.05. The van der Waals surface area contributed by atoms with Crippen molar-refractivity contribution in [2.75, 3.05) is 20.4 Å². The predicted octanol–water partition coefficient (Wildman–Crippen LogP) is 3.76. The van der Waals surface area contributed by atoms with E-state index in [2.05, 4.69) is 0 Å². The van der Waals surface area contributed by atoms with Gasteiger partial charge in [-0.25, -0.2) is 8.42 Å². The Bertz CT molecular complexity index is 1060. The lowest BCUT2D eigenvalue weighted by molar-refractivity contribution is 0.0752. The Balaban J connectivity index is 1.89. The molecule has 0 radical (unpaired) electrons. The monoisotopic (exact) mass is 452 g/mol. The van der Waals surface area contributed by atoms with Gasteiger partial charge in [-0.05, 0) is 56.7 Å². The summed E-state index contributed by atoms with van der Waals surface area (Å²) in [6.45, 7) is 6.34. The molecule has 0 atom stereocenters. The molecule has 7 nitrogen and oxygen atoms in total. The Labute approximate surface area is 182 Å². The first-order chi connectivity index (χ1) is 14.1. The SMILES string of the molecule is CCN(Cc1ccc2c(c1)OCO2)C(=O)c1cc(S(=O)(=O)N(C)C(C)C)ccc1Cl. The fourth-order valence-electron chi connectivity index (χ4n) is 3.03. The van der Waals surface area contributed by atoms with E-state index in [1.54, 1.807) is 24.8 Å². The second-order valence-corrected chi connectivity index (χ2v) is 9.67. The van der Waals surface area contributed by atoms with Gasteiger partial charge in [-0.3, -0.25) is 4.79 Å². The van der Waals surface area contributed by atoms with Crippen LogP contribution in [0, 0.1) is 0 Å². The summed E-state index contributed by atoms with van der Waals surface area (Å²) >= 11 is 6.27. The van der Waals surface area contributed by atoms with Crippen LogP contribution in [0.25, 0.3) is 0 Å². The summed E-state index contributed by atoms with van der Waals surface area (Å²) in [7, 11) is -2.23. The number of carbonyl (C=O) groups is 1. The Morgan fingerprint density at radius 1 is 1.13 bits per heavy atom. The highest BCUT2D eigenvalue weighted by atomic mass is 35.5. The Morgan fingerprint density at radius 2 is 1.83 bits per heavy atom. The minimum Gasteiger partial charge on any atom is -0.454 e. The molecule has 1 amide bonds. The quantitative estimate of drug-likeness (QED) is 0.639. The molecule has 0 N–H and O–H groups in total. The average Bonchev–Trinajstić information content (AvgIpc) is 3.18. The topological polar surface area (TPSA) is 76.1 Å². The number of hydrogen-bond acceptors (Lipinski definition) is 5. The van der Waals surface area contributed by atoms with Crippen molar-refractivity contribution in [3.8, 4) is 11.5 Å². The van der Waals surface area contributed by atoms with Crippen molar-refractivity contribution in [3.05, 3.63) is 52.5 Å². The van der Waals surface area contributed by atoms with Crippen molar-refractivity contribution in [3.63, 3.8) is 0 Å². The minimum absolute atomic E-state index is 0.0329. The van der Waals surface area contributed by atoms with E-state index in [9.17, 15) is 13.2 Å². The van der Waals surface area contributed by atoms with Gasteiger partial charge in [0.05, 0.1) is 15.5 Å². The molecule has 1 heterocycles. The van der Waals surface area contributed by atoms with Crippen LogP contribution in [0.4, 0.5) is 0 Å². The molecule has 2 aromatic carbocycles. The van der Waals surface area contributed by atoms with Gasteiger partial charge in [0.2, 0.25) is 16.8 Å². The fraction of sp³-hybridized carbons (Fsp3) is 0.381. The molecular formula is C21H25ClN2O5S. The first-order valence-corrected chi connectivity index (χ1v) is 11.4. The van der Waals surface area contributed by atoms with Gasteiger partial charge in [0.1, 0.15) is 0 Å². The van der Waals surface area contributed by atoms with Crippen LogP contribution in [0.15, 0.2) is 41.3 Å². The minimum atomic E-state index is -3.74. The smallest absolute Gasteiger partial charge is 0.255 e. The molecule has 0 saturated heterocycles. The summed E-state index contributed by atoms with van der Waals surface area (Å²) in [5.41, 5.74) is 1.02. The van der Waals surface area contributed by atoms with Gasteiger partial charge in [0.15, 0.2) is 11.5 Å². The Morgan fingerprint density at radius 3 is 2.50 bits per heavy atom. The molecule has 0 aliphatic carbocycles. The zero-order valence-corrected chi connectivity index (χ0v) is 19.0. The number of hydrogen-bond donors (Lipinski definition) is 0. The van der Waals surface area contributed by atoms with Crippen LogP contribution < -0.4 is 9.47 Å². The van der Waals surface area contributed by atoms with Crippen molar-refractivity contribution in [2.45, 2.75) is 38.3 Å². The maximum atomic E-state index is 13.2. The van der Waals surface area contributed by atoms with Crippen molar-refractivity contribution in [1.29, 1.82) is 0 Å². The van der Waals surface area contributed by atoms with E-state index < -0.39 is 10.0 Å². The molecule has 0 unspecified atom stereocenters. The fourth-order valence-corrected chi connectivity index (χ4v) is 4.62. The maximum Gasteiger partial charge on any atom is 0.255 e. The molecule has 1 aliphatic rings. The number of sulfonamides is 1. The summed E-state index contributed by atoms with van der Waals surface area (Å²) in [6.07, 6.45) is 0. The number of amides is 1. The highest BCUT2D eigenvalue weighted by molar-refractivity contribution is 7.89. The Hall–Kier alpha value is -2.29. The van der Waals surface area contributed by atoms with E-state index in [0.717, 1.165) is 5.56 Å². The maximum absolute atomic E-state index is 13.2. The van der Waals surface area contributed by atoms with Crippen LogP contribution in [-0.4, -0.2) is 50.0 Å². The van der Waals surface area contributed by atoms with Crippen LogP contribution in [0.1, 0.15) is 36.7 Å². The van der Waals surface area contributed by atoms with Crippen LogP contribution >= 0.6 is 11.6 Å². The summed E-state index contributed by atoms with van der Waals surface area (Å²) in [6, 6.07) is 9.50. The highest BCUT2D eigenvalue weighted by Gasteiger charge is 2.26.